The summed E-state index contributed by atoms with van der Waals surface area (Å²) in [6.45, 7) is 3.50. The van der Waals surface area contributed by atoms with Crippen molar-refractivity contribution in [2.24, 2.45) is 0 Å². The summed E-state index contributed by atoms with van der Waals surface area (Å²) in [5, 5.41) is 12.4. The molecule has 1 aromatic carbocycles. The SMILES string of the molecule is Cc1ccc(C=CC(=O)Nc2ccccc2C(C)O)o1. The highest BCUT2D eigenvalue weighted by Crippen LogP contribution is 2.22. The molecule has 0 saturated heterocycles. The Morgan fingerprint density at radius 1 is 1.30 bits per heavy atom. The van der Waals surface area contributed by atoms with Gasteiger partial charge in [-0.2, -0.15) is 0 Å². The zero-order chi connectivity index (χ0) is 14.5. The maximum Gasteiger partial charge on any atom is 0.248 e. The molecule has 20 heavy (non-hydrogen) atoms. The molecule has 0 spiro atoms. The zero-order valence-electron chi connectivity index (χ0n) is 11.5. The van der Waals surface area contributed by atoms with E-state index in [-0.39, 0.29) is 5.91 Å². The van der Waals surface area contributed by atoms with Crippen molar-refractivity contribution in [2.45, 2.75) is 20.0 Å². The molecule has 2 rings (SSSR count). The fourth-order valence-corrected chi connectivity index (χ4v) is 1.85. The Morgan fingerprint density at radius 3 is 2.70 bits per heavy atom. The summed E-state index contributed by atoms with van der Waals surface area (Å²) >= 11 is 0. The highest BCUT2D eigenvalue weighted by atomic mass is 16.3. The van der Waals surface area contributed by atoms with Crippen LogP contribution in [-0.2, 0) is 4.79 Å². The van der Waals surface area contributed by atoms with E-state index in [0.717, 1.165) is 5.76 Å². The quantitative estimate of drug-likeness (QED) is 0.839. The average Bonchev–Trinajstić information content (AvgIpc) is 2.83. The second-order valence-corrected chi connectivity index (χ2v) is 4.53. The predicted molar refractivity (Wildman–Crippen MR) is 78.2 cm³/mol. The molecule has 1 heterocycles. The van der Waals surface area contributed by atoms with E-state index in [2.05, 4.69) is 5.32 Å². The highest BCUT2D eigenvalue weighted by molar-refractivity contribution is 6.02. The number of amides is 1. The van der Waals surface area contributed by atoms with Crippen LogP contribution in [0.5, 0.6) is 0 Å². The number of aliphatic hydroxyl groups is 1. The molecule has 0 aliphatic rings. The van der Waals surface area contributed by atoms with Crippen molar-refractivity contribution in [1.82, 2.24) is 0 Å². The number of benzene rings is 1. The van der Waals surface area contributed by atoms with Crippen LogP contribution in [0, 0.1) is 6.92 Å². The van der Waals surface area contributed by atoms with Crippen LogP contribution in [0.4, 0.5) is 5.69 Å². The Hall–Kier alpha value is -2.33. The number of hydrogen-bond donors (Lipinski definition) is 2. The molecule has 1 aromatic heterocycles. The van der Waals surface area contributed by atoms with Gasteiger partial charge in [-0.25, -0.2) is 0 Å². The lowest BCUT2D eigenvalue weighted by atomic mass is 10.1. The van der Waals surface area contributed by atoms with Crippen LogP contribution in [0.2, 0.25) is 0 Å². The Kier molecular flexibility index (Phi) is 4.38. The number of nitrogens with one attached hydrogen (secondary N) is 1. The molecule has 0 bridgehead atoms. The third kappa shape index (κ3) is 3.59. The molecular formula is C16H17NO3. The monoisotopic (exact) mass is 271 g/mol. The molecule has 0 aliphatic carbocycles. The van der Waals surface area contributed by atoms with Crippen molar-refractivity contribution < 1.29 is 14.3 Å². The molecule has 1 atom stereocenters. The molecule has 2 aromatic rings. The van der Waals surface area contributed by atoms with E-state index in [1.165, 1.54) is 6.08 Å². The molecule has 4 nitrogen and oxygen atoms in total. The summed E-state index contributed by atoms with van der Waals surface area (Å²) in [6.07, 6.45) is 2.37. The van der Waals surface area contributed by atoms with Gasteiger partial charge in [-0.3, -0.25) is 4.79 Å². The molecule has 2 N–H and O–H groups in total. The maximum absolute atomic E-state index is 11.8. The number of carbonyl (C=O) groups is 1. The van der Waals surface area contributed by atoms with Crippen LogP contribution in [0.15, 0.2) is 46.9 Å². The fourth-order valence-electron chi connectivity index (χ4n) is 1.85. The van der Waals surface area contributed by atoms with Gasteiger partial charge in [-0.1, -0.05) is 18.2 Å². The van der Waals surface area contributed by atoms with Gasteiger partial charge < -0.3 is 14.8 Å². The van der Waals surface area contributed by atoms with Crippen molar-refractivity contribution >= 4 is 17.7 Å². The molecule has 0 aliphatic heterocycles. The van der Waals surface area contributed by atoms with E-state index < -0.39 is 6.10 Å². The molecule has 4 heteroatoms. The second kappa shape index (κ2) is 6.21. The highest BCUT2D eigenvalue weighted by Gasteiger charge is 2.08. The van der Waals surface area contributed by atoms with Crippen LogP contribution in [0.25, 0.3) is 6.08 Å². The topological polar surface area (TPSA) is 62.5 Å². The Morgan fingerprint density at radius 2 is 2.05 bits per heavy atom. The average molecular weight is 271 g/mol. The number of anilines is 1. The lowest BCUT2D eigenvalue weighted by Gasteiger charge is -2.11. The number of rotatable bonds is 4. The van der Waals surface area contributed by atoms with Crippen LogP contribution >= 0.6 is 0 Å². The number of aliphatic hydroxyl groups excluding tert-OH is 1. The Bertz CT molecular complexity index is 626. The van der Waals surface area contributed by atoms with Gasteiger partial charge in [0.25, 0.3) is 0 Å². The van der Waals surface area contributed by atoms with Gasteiger partial charge in [0.05, 0.1) is 6.10 Å². The fraction of sp³-hybridized carbons (Fsp3) is 0.188. The van der Waals surface area contributed by atoms with E-state index in [0.29, 0.717) is 17.0 Å². The van der Waals surface area contributed by atoms with E-state index in [1.807, 2.05) is 19.1 Å². The minimum atomic E-state index is -0.636. The van der Waals surface area contributed by atoms with Crippen LogP contribution in [-0.4, -0.2) is 11.0 Å². The summed E-state index contributed by atoms with van der Waals surface area (Å²) in [7, 11) is 0. The summed E-state index contributed by atoms with van der Waals surface area (Å²) in [5.74, 6) is 1.15. The Balaban J connectivity index is 2.07. The van der Waals surface area contributed by atoms with Crippen LogP contribution < -0.4 is 5.32 Å². The molecule has 0 fully saturated rings. The van der Waals surface area contributed by atoms with E-state index in [9.17, 15) is 9.90 Å². The summed E-state index contributed by atoms with van der Waals surface area (Å²) in [4.78, 5) is 11.8. The van der Waals surface area contributed by atoms with Gasteiger partial charge in [0, 0.05) is 17.3 Å². The minimum Gasteiger partial charge on any atom is -0.462 e. The lowest BCUT2D eigenvalue weighted by Crippen LogP contribution is -2.10. The number of hydrogen-bond acceptors (Lipinski definition) is 3. The molecule has 0 saturated carbocycles. The zero-order valence-corrected chi connectivity index (χ0v) is 11.5. The number of para-hydroxylation sites is 1. The number of carbonyl (C=O) groups excluding carboxylic acids is 1. The largest absolute Gasteiger partial charge is 0.462 e. The third-order valence-electron chi connectivity index (χ3n) is 2.83. The van der Waals surface area contributed by atoms with Gasteiger partial charge in [0.1, 0.15) is 11.5 Å². The van der Waals surface area contributed by atoms with Crippen molar-refractivity contribution in [3.05, 3.63) is 59.6 Å². The number of aryl methyl sites for hydroxylation is 1. The first-order valence-corrected chi connectivity index (χ1v) is 6.39. The van der Waals surface area contributed by atoms with E-state index >= 15 is 0 Å². The predicted octanol–water partition coefficient (Wildman–Crippen LogP) is 3.29. The molecule has 104 valence electrons. The van der Waals surface area contributed by atoms with Crippen molar-refractivity contribution in [3.8, 4) is 0 Å². The Labute approximate surface area is 117 Å². The van der Waals surface area contributed by atoms with E-state index in [1.54, 1.807) is 37.3 Å². The first-order valence-electron chi connectivity index (χ1n) is 6.39. The maximum atomic E-state index is 11.8. The second-order valence-electron chi connectivity index (χ2n) is 4.53. The summed E-state index contributed by atoms with van der Waals surface area (Å²) in [5.41, 5.74) is 1.29. The smallest absolute Gasteiger partial charge is 0.248 e. The molecular weight excluding hydrogens is 254 g/mol. The van der Waals surface area contributed by atoms with Gasteiger partial charge in [-0.15, -0.1) is 0 Å². The molecule has 0 radical (unpaired) electrons. The third-order valence-corrected chi connectivity index (χ3v) is 2.83. The van der Waals surface area contributed by atoms with Crippen molar-refractivity contribution in [3.63, 3.8) is 0 Å². The molecule has 1 amide bonds. The first-order chi connectivity index (χ1) is 9.56. The normalized spacial score (nSPS) is 12.6. The standard InChI is InChI=1S/C16H17NO3/c1-11-7-8-13(20-11)9-10-16(19)17-15-6-4-3-5-14(15)12(2)18/h3-10,12,18H,1-2H3,(H,17,19). The van der Waals surface area contributed by atoms with Gasteiger partial charge >= 0.3 is 0 Å². The van der Waals surface area contributed by atoms with E-state index in [4.69, 9.17) is 4.42 Å². The van der Waals surface area contributed by atoms with Crippen molar-refractivity contribution in [1.29, 1.82) is 0 Å². The van der Waals surface area contributed by atoms with Gasteiger partial charge in [-0.05, 0) is 38.1 Å². The first kappa shape index (κ1) is 14.1. The molecule has 1 unspecified atom stereocenters. The van der Waals surface area contributed by atoms with Gasteiger partial charge in [0.2, 0.25) is 5.91 Å². The lowest BCUT2D eigenvalue weighted by molar-refractivity contribution is -0.111. The van der Waals surface area contributed by atoms with Crippen molar-refractivity contribution in [2.75, 3.05) is 5.32 Å². The number of furan rings is 1. The van der Waals surface area contributed by atoms with Crippen LogP contribution in [0.3, 0.4) is 0 Å². The minimum absolute atomic E-state index is 0.271. The van der Waals surface area contributed by atoms with Crippen LogP contribution in [0.1, 0.15) is 30.1 Å². The van der Waals surface area contributed by atoms with Gasteiger partial charge in [0.15, 0.2) is 0 Å². The summed E-state index contributed by atoms with van der Waals surface area (Å²) in [6, 6.07) is 10.8. The summed E-state index contributed by atoms with van der Waals surface area (Å²) < 4.78 is 5.34.